The number of rotatable bonds is 9. The minimum absolute atomic E-state index is 0.296. The van der Waals surface area contributed by atoms with Crippen LogP contribution in [0.25, 0.3) is 0 Å². The van der Waals surface area contributed by atoms with Gasteiger partial charge in [-0.1, -0.05) is 49.4 Å². The van der Waals surface area contributed by atoms with E-state index in [9.17, 15) is 4.79 Å². The lowest BCUT2D eigenvalue weighted by molar-refractivity contribution is -0.139. The van der Waals surface area contributed by atoms with Crippen molar-refractivity contribution in [2.24, 2.45) is 11.8 Å². The van der Waals surface area contributed by atoms with Crippen molar-refractivity contribution in [3.05, 3.63) is 65.7 Å². The zero-order valence-electron chi connectivity index (χ0n) is 16.7. The highest BCUT2D eigenvalue weighted by molar-refractivity contribution is 5.68. The van der Waals surface area contributed by atoms with Crippen molar-refractivity contribution in [3.8, 4) is 5.75 Å². The highest BCUT2D eigenvalue weighted by Crippen LogP contribution is 2.23. The highest BCUT2D eigenvalue weighted by atomic mass is 16.5. The molecule has 1 N–H and O–H groups in total. The fraction of sp³-hybridized carbons (Fsp3) is 0.458. The number of hydrogen-bond acceptors (Lipinski definition) is 3. The summed E-state index contributed by atoms with van der Waals surface area (Å²) in [7, 11) is 0. The van der Waals surface area contributed by atoms with Crippen LogP contribution >= 0.6 is 0 Å². The minimum atomic E-state index is -0.953. The van der Waals surface area contributed by atoms with E-state index in [1.807, 2.05) is 24.3 Å². The van der Waals surface area contributed by atoms with Gasteiger partial charge >= 0.3 is 5.97 Å². The van der Waals surface area contributed by atoms with Crippen LogP contribution < -0.4 is 4.74 Å². The summed E-state index contributed by atoms with van der Waals surface area (Å²) in [4.78, 5) is 13.2. The van der Waals surface area contributed by atoms with Crippen LogP contribution in [0, 0.1) is 11.8 Å². The standard InChI is InChI=1S/C24H31NO3/c1-19(15-21-7-9-23(10-8-21)28-18-24(26)27)17-25-13-11-22(12-14-25)16-20-5-3-2-4-6-20/h2-10,19,22H,11-18H2,1H3,(H,26,27)/t19-/m1/s1. The van der Waals surface area contributed by atoms with Crippen LogP contribution in [-0.2, 0) is 17.6 Å². The van der Waals surface area contributed by atoms with E-state index in [4.69, 9.17) is 9.84 Å². The Morgan fingerprint density at radius 2 is 1.75 bits per heavy atom. The number of aliphatic carboxylic acids is 1. The number of nitrogens with zero attached hydrogens (tertiary/aromatic N) is 1. The molecule has 1 saturated heterocycles. The van der Waals surface area contributed by atoms with Gasteiger partial charge in [-0.05, 0) is 73.9 Å². The van der Waals surface area contributed by atoms with Gasteiger partial charge in [0.15, 0.2) is 6.61 Å². The zero-order chi connectivity index (χ0) is 19.8. The number of piperidine rings is 1. The van der Waals surface area contributed by atoms with E-state index in [1.54, 1.807) is 0 Å². The third kappa shape index (κ3) is 6.68. The van der Waals surface area contributed by atoms with Crippen molar-refractivity contribution in [2.75, 3.05) is 26.2 Å². The number of benzene rings is 2. The van der Waals surface area contributed by atoms with E-state index in [0.717, 1.165) is 18.9 Å². The zero-order valence-corrected chi connectivity index (χ0v) is 16.7. The third-order valence-corrected chi connectivity index (χ3v) is 5.51. The molecule has 0 bridgehead atoms. The number of carboxylic acids is 1. The van der Waals surface area contributed by atoms with Crippen molar-refractivity contribution in [1.82, 2.24) is 4.90 Å². The van der Waals surface area contributed by atoms with Crippen molar-refractivity contribution in [1.29, 1.82) is 0 Å². The lowest BCUT2D eigenvalue weighted by atomic mass is 9.89. The van der Waals surface area contributed by atoms with Crippen LogP contribution in [0.5, 0.6) is 5.75 Å². The molecule has 0 amide bonds. The number of carbonyl (C=O) groups is 1. The van der Waals surface area contributed by atoms with Gasteiger partial charge in [-0.15, -0.1) is 0 Å². The van der Waals surface area contributed by atoms with E-state index >= 15 is 0 Å². The van der Waals surface area contributed by atoms with Gasteiger partial charge in [-0.2, -0.15) is 0 Å². The molecule has 1 fully saturated rings. The predicted molar refractivity (Wildman–Crippen MR) is 112 cm³/mol. The van der Waals surface area contributed by atoms with E-state index in [1.165, 1.54) is 43.5 Å². The van der Waals surface area contributed by atoms with Gasteiger partial charge in [0.1, 0.15) is 5.75 Å². The van der Waals surface area contributed by atoms with Gasteiger partial charge in [0.2, 0.25) is 0 Å². The molecule has 0 unspecified atom stereocenters. The third-order valence-electron chi connectivity index (χ3n) is 5.51. The van der Waals surface area contributed by atoms with Crippen molar-refractivity contribution in [2.45, 2.75) is 32.6 Å². The topological polar surface area (TPSA) is 49.8 Å². The van der Waals surface area contributed by atoms with E-state index in [0.29, 0.717) is 11.7 Å². The van der Waals surface area contributed by atoms with Crippen molar-refractivity contribution in [3.63, 3.8) is 0 Å². The summed E-state index contributed by atoms with van der Waals surface area (Å²) >= 11 is 0. The highest BCUT2D eigenvalue weighted by Gasteiger charge is 2.20. The smallest absolute Gasteiger partial charge is 0.341 e. The Kier molecular flexibility index (Phi) is 7.49. The predicted octanol–water partition coefficient (Wildman–Crippen LogP) is 4.28. The minimum Gasteiger partial charge on any atom is -0.482 e. The number of carboxylic acid groups (broad SMARTS) is 1. The molecule has 1 aliphatic rings. The lowest BCUT2D eigenvalue weighted by Gasteiger charge is -2.33. The average molecular weight is 382 g/mol. The molecular weight excluding hydrogens is 350 g/mol. The number of ether oxygens (including phenoxy) is 1. The Labute approximate surface area is 168 Å². The molecule has 150 valence electrons. The Hall–Kier alpha value is -2.33. The van der Waals surface area contributed by atoms with Crippen molar-refractivity contribution < 1.29 is 14.6 Å². The first-order valence-corrected chi connectivity index (χ1v) is 10.3. The molecule has 0 radical (unpaired) electrons. The molecule has 4 nitrogen and oxygen atoms in total. The van der Waals surface area contributed by atoms with Crippen LogP contribution in [0.1, 0.15) is 30.9 Å². The summed E-state index contributed by atoms with van der Waals surface area (Å²) in [6.45, 7) is 5.55. The van der Waals surface area contributed by atoms with E-state index in [-0.39, 0.29) is 6.61 Å². The molecule has 28 heavy (non-hydrogen) atoms. The Morgan fingerprint density at radius 3 is 2.39 bits per heavy atom. The molecular formula is C24H31NO3. The van der Waals surface area contributed by atoms with Gasteiger partial charge in [-0.3, -0.25) is 0 Å². The molecule has 4 heteroatoms. The van der Waals surface area contributed by atoms with Crippen LogP contribution in [0.2, 0.25) is 0 Å². The van der Waals surface area contributed by atoms with Crippen LogP contribution in [0.15, 0.2) is 54.6 Å². The Morgan fingerprint density at radius 1 is 1.07 bits per heavy atom. The monoisotopic (exact) mass is 381 g/mol. The number of likely N-dealkylation sites (tertiary alicyclic amines) is 1. The largest absolute Gasteiger partial charge is 0.482 e. The second-order valence-corrected chi connectivity index (χ2v) is 8.07. The second-order valence-electron chi connectivity index (χ2n) is 8.07. The summed E-state index contributed by atoms with van der Waals surface area (Å²) in [5.74, 6) is 1.06. The average Bonchev–Trinajstić information content (AvgIpc) is 2.70. The molecule has 1 atom stereocenters. The maximum atomic E-state index is 10.6. The van der Waals surface area contributed by atoms with Crippen molar-refractivity contribution >= 4 is 5.97 Å². The molecule has 0 aliphatic carbocycles. The lowest BCUT2D eigenvalue weighted by Crippen LogP contribution is -2.37. The summed E-state index contributed by atoms with van der Waals surface area (Å²) in [6, 6.07) is 18.6. The molecule has 3 rings (SSSR count). The molecule has 2 aromatic rings. The Balaban J connectivity index is 1.38. The maximum Gasteiger partial charge on any atom is 0.341 e. The Bertz CT molecular complexity index is 721. The molecule has 1 aliphatic heterocycles. The quantitative estimate of drug-likeness (QED) is 0.704. The van der Waals surface area contributed by atoms with Crippen LogP contribution in [0.4, 0.5) is 0 Å². The summed E-state index contributed by atoms with van der Waals surface area (Å²) in [5.41, 5.74) is 2.74. The summed E-state index contributed by atoms with van der Waals surface area (Å²) in [5, 5.41) is 8.66. The fourth-order valence-corrected chi connectivity index (χ4v) is 4.10. The normalized spacial score (nSPS) is 16.6. The van der Waals surface area contributed by atoms with Crippen LogP contribution in [0.3, 0.4) is 0 Å². The first kappa shape index (κ1) is 20.4. The van der Waals surface area contributed by atoms with Gasteiger partial charge in [0, 0.05) is 6.54 Å². The van der Waals surface area contributed by atoms with E-state index < -0.39 is 5.97 Å². The van der Waals surface area contributed by atoms with Gasteiger partial charge < -0.3 is 14.7 Å². The van der Waals surface area contributed by atoms with Gasteiger partial charge in [-0.25, -0.2) is 4.79 Å². The molecule has 2 aromatic carbocycles. The maximum absolute atomic E-state index is 10.6. The SMILES string of the molecule is C[C@H](Cc1ccc(OCC(=O)O)cc1)CN1CCC(Cc2ccccc2)CC1. The molecule has 1 heterocycles. The van der Waals surface area contributed by atoms with Gasteiger partial charge in [0.05, 0.1) is 0 Å². The van der Waals surface area contributed by atoms with E-state index in [2.05, 4.69) is 42.2 Å². The molecule has 0 aromatic heterocycles. The molecule has 0 saturated carbocycles. The summed E-state index contributed by atoms with van der Waals surface area (Å²) in [6.07, 6.45) is 4.82. The first-order valence-electron chi connectivity index (χ1n) is 10.3. The molecule has 0 spiro atoms. The fourth-order valence-electron chi connectivity index (χ4n) is 4.10. The second kappa shape index (κ2) is 10.3. The van der Waals surface area contributed by atoms with Crippen LogP contribution in [-0.4, -0.2) is 42.2 Å². The van der Waals surface area contributed by atoms with Gasteiger partial charge in [0.25, 0.3) is 0 Å². The first-order chi connectivity index (χ1) is 13.6. The summed E-state index contributed by atoms with van der Waals surface area (Å²) < 4.78 is 5.19. The number of hydrogen-bond donors (Lipinski definition) is 1.